The van der Waals surface area contributed by atoms with Gasteiger partial charge in [-0.05, 0) is 30.3 Å². The normalized spacial score (nSPS) is 17.3. The summed E-state index contributed by atoms with van der Waals surface area (Å²) in [6.07, 6.45) is 1.22. The van der Waals surface area contributed by atoms with Crippen LogP contribution in [0.2, 0.25) is 10.0 Å². The van der Waals surface area contributed by atoms with Crippen molar-refractivity contribution < 1.29 is 23.9 Å². The number of ether oxygens (including phenoxy) is 2. The first-order valence-electron chi connectivity index (χ1n) is 9.51. The van der Waals surface area contributed by atoms with Gasteiger partial charge in [0.2, 0.25) is 0 Å². The number of methoxy groups -OCH3 is 1. The number of fused-ring (bicyclic) bond motifs is 1. The summed E-state index contributed by atoms with van der Waals surface area (Å²) in [6, 6.07) is 9.57. The summed E-state index contributed by atoms with van der Waals surface area (Å²) < 4.78 is 10.9. The fourth-order valence-electron chi connectivity index (χ4n) is 3.99. The molecule has 0 N–H and O–H groups in total. The predicted molar refractivity (Wildman–Crippen MR) is 112 cm³/mol. The van der Waals surface area contributed by atoms with Crippen molar-refractivity contribution in [1.29, 1.82) is 0 Å². The number of carbonyl (C=O) groups excluding carboxylic acids is 3. The molecule has 2 aliphatic heterocycles. The van der Waals surface area contributed by atoms with Gasteiger partial charge in [0.25, 0.3) is 5.91 Å². The number of hydrogen-bond acceptors (Lipinski definition) is 5. The van der Waals surface area contributed by atoms with Gasteiger partial charge in [0.15, 0.2) is 5.78 Å². The fourth-order valence-corrected chi connectivity index (χ4v) is 4.52. The minimum atomic E-state index is -0.688. The monoisotopic (exact) mass is 447 g/mol. The van der Waals surface area contributed by atoms with Crippen LogP contribution in [-0.2, 0) is 4.74 Å². The number of benzene rings is 2. The third-order valence-electron chi connectivity index (χ3n) is 5.60. The summed E-state index contributed by atoms with van der Waals surface area (Å²) in [4.78, 5) is 39.1. The van der Waals surface area contributed by atoms with Crippen molar-refractivity contribution in [3.05, 3.63) is 63.1 Å². The van der Waals surface area contributed by atoms with E-state index >= 15 is 0 Å². The molecule has 1 spiro atoms. The van der Waals surface area contributed by atoms with Crippen LogP contribution in [0.3, 0.4) is 0 Å². The van der Waals surface area contributed by atoms with Crippen LogP contribution in [0.4, 0.5) is 0 Å². The van der Waals surface area contributed by atoms with E-state index in [1.807, 2.05) is 0 Å². The number of amides is 1. The Morgan fingerprint density at radius 1 is 1.10 bits per heavy atom. The van der Waals surface area contributed by atoms with E-state index in [-0.39, 0.29) is 18.1 Å². The van der Waals surface area contributed by atoms with Gasteiger partial charge in [-0.25, -0.2) is 4.79 Å². The Balaban J connectivity index is 1.49. The molecule has 0 saturated carbocycles. The van der Waals surface area contributed by atoms with Gasteiger partial charge in [-0.3, -0.25) is 9.59 Å². The van der Waals surface area contributed by atoms with Crippen molar-refractivity contribution in [2.75, 3.05) is 20.2 Å². The molecule has 2 aromatic carbocycles. The van der Waals surface area contributed by atoms with Gasteiger partial charge in [0.05, 0.1) is 29.7 Å². The zero-order valence-electron chi connectivity index (χ0n) is 16.2. The largest absolute Gasteiger partial charge is 0.484 e. The summed E-state index contributed by atoms with van der Waals surface area (Å²) in [6.45, 7) is 0.851. The van der Waals surface area contributed by atoms with Crippen LogP contribution in [-0.4, -0.2) is 48.4 Å². The molecule has 0 unspecified atom stereocenters. The van der Waals surface area contributed by atoms with Crippen LogP contribution in [0.5, 0.6) is 5.75 Å². The smallest absolute Gasteiger partial charge is 0.337 e. The van der Waals surface area contributed by atoms with Crippen LogP contribution in [0.15, 0.2) is 36.4 Å². The maximum Gasteiger partial charge on any atom is 0.337 e. The third-order valence-corrected chi connectivity index (χ3v) is 6.10. The molecule has 2 aromatic rings. The maximum absolute atomic E-state index is 12.9. The number of nitrogens with zero attached hydrogens (tertiary/aromatic N) is 1. The molecule has 0 aromatic heterocycles. The average molecular weight is 448 g/mol. The van der Waals surface area contributed by atoms with E-state index in [1.165, 1.54) is 13.2 Å². The van der Waals surface area contributed by atoms with Crippen molar-refractivity contribution in [2.45, 2.75) is 24.9 Å². The SMILES string of the molecule is COC(=O)c1cccc(C(=O)N2CCC3(CC2)CC(=O)c2cc(Cl)cc(Cl)c2O3)c1. The second-order valence-corrected chi connectivity index (χ2v) is 8.36. The molecule has 4 rings (SSSR count). The Bertz CT molecular complexity index is 1040. The number of esters is 1. The molecule has 8 heteroatoms. The Labute approximate surface area is 183 Å². The first-order chi connectivity index (χ1) is 14.3. The Morgan fingerprint density at radius 2 is 1.80 bits per heavy atom. The van der Waals surface area contributed by atoms with Gasteiger partial charge >= 0.3 is 5.97 Å². The standard InChI is InChI=1S/C22H19Cl2NO5/c1-29-21(28)14-4-2-3-13(9-14)20(27)25-7-5-22(6-8-25)12-18(26)16-10-15(23)11-17(24)19(16)30-22/h2-4,9-11H,5-8,12H2,1H3. The molecule has 0 radical (unpaired) electrons. The van der Waals surface area contributed by atoms with Gasteiger partial charge in [0.1, 0.15) is 11.4 Å². The van der Waals surface area contributed by atoms with E-state index < -0.39 is 11.6 Å². The summed E-state index contributed by atoms with van der Waals surface area (Å²) in [5.74, 6) is -0.371. The lowest BCUT2D eigenvalue weighted by Gasteiger charge is -2.44. The highest BCUT2D eigenvalue weighted by molar-refractivity contribution is 6.36. The van der Waals surface area contributed by atoms with E-state index in [0.717, 1.165) is 0 Å². The third kappa shape index (κ3) is 3.77. The van der Waals surface area contributed by atoms with E-state index in [2.05, 4.69) is 0 Å². The van der Waals surface area contributed by atoms with Crippen molar-refractivity contribution in [1.82, 2.24) is 4.90 Å². The van der Waals surface area contributed by atoms with Crippen molar-refractivity contribution in [3.63, 3.8) is 0 Å². The van der Waals surface area contributed by atoms with Gasteiger partial charge in [-0.1, -0.05) is 29.3 Å². The minimum absolute atomic E-state index is 0.0637. The highest BCUT2D eigenvalue weighted by Crippen LogP contribution is 2.44. The van der Waals surface area contributed by atoms with E-state index in [0.29, 0.717) is 58.4 Å². The summed E-state index contributed by atoms with van der Waals surface area (Å²) in [7, 11) is 1.30. The lowest BCUT2D eigenvalue weighted by Crippen LogP contribution is -2.52. The minimum Gasteiger partial charge on any atom is -0.484 e. The predicted octanol–water partition coefficient (Wildman–Crippen LogP) is 4.42. The molecule has 1 saturated heterocycles. The molecule has 6 nitrogen and oxygen atoms in total. The van der Waals surface area contributed by atoms with Crippen molar-refractivity contribution in [2.24, 2.45) is 0 Å². The average Bonchev–Trinajstić information content (AvgIpc) is 2.74. The summed E-state index contributed by atoms with van der Waals surface area (Å²) in [5, 5.41) is 0.698. The highest BCUT2D eigenvalue weighted by atomic mass is 35.5. The van der Waals surface area contributed by atoms with Gasteiger partial charge < -0.3 is 14.4 Å². The molecule has 2 heterocycles. The van der Waals surface area contributed by atoms with E-state index in [4.69, 9.17) is 32.7 Å². The zero-order chi connectivity index (χ0) is 21.5. The number of likely N-dealkylation sites (tertiary alicyclic amines) is 1. The van der Waals surface area contributed by atoms with Crippen molar-refractivity contribution >= 4 is 40.9 Å². The van der Waals surface area contributed by atoms with Crippen LogP contribution in [0.1, 0.15) is 50.3 Å². The first-order valence-corrected chi connectivity index (χ1v) is 10.3. The van der Waals surface area contributed by atoms with E-state index in [1.54, 1.807) is 35.2 Å². The number of Topliss-reactive ketones (excluding diaryl/α,β-unsaturated/α-hetero) is 1. The quantitative estimate of drug-likeness (QED) is 0.636. The molecule has 156 valence electrons. The second-order valence-electron chi connectivity index (χ2n) is 7.51. The number of carbonyl (C=O) groups is 3. The Kier molecular flexibility index (Phi) is 5.47. The zero-order valence-corrected chi connectivity index (χ0v) is 17.8. The molecule has 1 fully saturated rings. The molecular formula is C22H19Cl2NO5. The van der Waals surface area contributed by atoms with Crippen LogP contribution in [0.25, 0.3) is 0 Å². The topological polar surface area (TPSA) is 72.9 Å². The van der Waals surface area contributed by atoms with Crippen LogP contribution >= 0.6 is 23.2 Å². The summed E-state index contributed by atoms with van der Waals surface area (Å²) >= 11 is 12.3. The Hall–Kier alpha value is -2.57. The van der Waals surface area contributed by atoms with Crippen LogP contribution in [0, 0.1) is 0 Å². The highest BCUT2D eigenvalue weighted by Gasteiger charge is 2.44. The van der Waals surface area contributed by atoms with Gasteiger partial charge in [0, 0.05) is 36.5 Å². The van der Waals surface area contributed by atoms with Crippen LogP contribution < -0.4 is 4.74 Å². The number of halogens is 2. The number of rotatable bonds is 2. The molecule has 1 amide bonds. The number of piperidine rings is 1. The lowest BCUT2D eigenvalue weighted by atomic mass is 9.82. The van der Waals surface area contributed by atoms with E-state index in [9.17, 15) is 14.4 Å². The maximum atomic E-state index is 12.9. The second kappa shape index (κ2) is 7.93. The van der Waals surface area contributed by atoms with Crippen molar-refractivity contribution in [3.8, 4) is 5.75 Å². The molecule has 30 heavy (non-hydrogen) atoms. The number of hydrogen-bond donors (Lipinski definition) is 0. The molecule has 0 bridgehead atoms. The molecule has 0 aliphatic carbocycles. The fraction of sp³-hybridized carbons (Fsp3) is 0.318. The number of ketones is 1. The van der Waals surface area contributed by atoms with Gasteiger partial charge in [-0.2, -0.15) is 0 Å². The molecule has 2 aliphatic rings. The first kappa shape index (κ1) is 20.7. The molecule has 0 atom stereocenters. The van der Waals surface area contributed by atoms with Gasteiger partial charge in [-0.15, -0.1) is 0 Å². The lowest BCUT2D eigenvalue weighted by molar-refractivity contribution is -0.00565. The summed E-state index contributed by atoms with van der Waals surface area (Å²) in [5.41, 5.74) is 0.448. The Morgan fingerprint density at radius 3 is 2.50 bits per heavy atom. The molecular weight excluding hydrogens is 429 g/mol.